The summed E-state index contributed by atoms with van der Waals surface area (Å²) in [5.74, 6) is 0.598. The van der Waals surface area contributed by atoms with Gasteiger partial charge in [0.25, 0.3) is 0 Å². The molecule has 0 aliphatic rings. The number of anilines is 1. The number of nitrogens with zero attached hydrogens (tertiary/aromatic N) is 2. The van der Waals surface area contributed by atoms with Crippen LogP contribution >= 0.6 is 12.4 Å². The molecule has 6 heteroatoms. The van der Waals surface area contributed by atoms with E-state index in [1.807, 2.05) is 43.4 Å². The van der Waals surface area contributed by atoms with Gasteiger partial charge >= 0.3 is 0 Å². The number of rotatable bonds is 5. The van der Waals surface area contributed by atoms with Gasteiger partial charge in [-0.2, -0.15) is 5.10 Å². The maximum Gasteiger partial charge on any atom is 0.227 e. The number of carbonyl (C=O) groups excluding carboxylic acids is 1. The van der Waals surface area contributed by atoms with Gasteiger partial charge in [-0.15, -0.1) is 12.4 Å². The molecule has 2 rings (SSSR count). The van der Waals surface area contributed by atoms with Crippen LogP contribution in [0.15, 0.2) is 36.4 Å². The van der Waals surface area contributed by atoms with E-state index >= 15 is 0 Å². The Bertz CT molecular complexity index is 661. The van der Waals surface area contributed by atoms with Crippen molar-refractivity contribution in [1.29, 1.82) is 0 Å². The van der Waals surface area contributed by atoms with Gasteiger partial charge in [0.2, 0.25) is 5.91 Å². The summed E-state index contributed by atoms with van der Waals surface area (Å²) in [6, 6.07) is 11.3. The molecule has 1 unspecified atom stereocenters. The topological polar surface area (TPSA) is 72.9 Å². The van der Waals surface area contributed by atoms with Crippen LogP contribution in [0.2, 0.25) is 0 Å². The van der Waals surface area contributed by atoms with Crippen LogP contribution in [0.25, 0.3) is 0 Å². The summed E-state index contributed by atoms with van der Waals surface area (Å²) in [6.45, 7) is 6.50. The number of carbonyl (C=O) groups is 1. The molecule has 0 aliphatic carbocycles. The van der Waals surface area contributed by atoms with Gasteiger partial charge in [0.05, 0.1) is 5.69 Å². The van der Waals surface area contributed by atoms with Gasteiger partial charge in [-0.05, 0) is 17.4 Å². The monoisotopic (exact) mass is 350 g/mol. The highest BCUT2D eigenvalue weighted by Gasteiger charge is 2.17. The molecular formula is C18H27ClN4O. The van der Waals surface area contributed by atoms with Crippen LogP contribution in [0.3, 0.4) is 0 Å². The minimum atomic E-state index is -0.307. The first-order valence-corrected chi connectivity index (χ1v) is 7.88. The summed E-state index contributed by atoms with van der Waals surface area (Å²) >= 11 is 0. The molecule has 1 amide bonds. The zero-order valence-electron chi connectivity index (χ0n) is 14.7. The molecule has 132 valence electrons. The molecule has 3 N–H and O–H groups in total. The first kappa shape index (κ1) is 20.2. The first-order valence-electron chi connectivity index (χ1n) is 7.88. The number of aryl methyl sites for hydroxylation is 1. The van der Waals surface area contributed by atoms with Gasteiger partial charge in [-0.3, -0.25) is 9.48 Å². The quantitative estimate of drug-likeness (QED) is 0.867. The van der Waals surface area contributed by atoms with Crippen LogP contribution < -0.4 is 11.1 Å². The largest absolute Gasteiger partial charge is 0.324 e. The van der Waals surface area contributed by atoms with Crippen molar-refractivity contribution in [2.24, 2.45) is 18.2 Å². The summed E-state index contributed by atoms with van der Waals surface area (Å²) in [5.41, 5.74) is 8.18. The normalized spacial score (nSPS) is 12.4. The SMILES string of the molecule is Cl.Cn1nc(CC(C)(C)C)cc1NC(=O)CC(N)c1ccccc1. The zero-order valence-corrected chi connectivity index (χ0v) is 15.6. The van der Waals surface area contributed by atoms with E-state index in [9.17, 15) is 4.79 Å². The molecule has 0 aliphatic heterocycles. The van der Waals surface area contributed by atoms with Gasteiger partial charge in [0.1, 0.15) is 5.82 Å². The summed E-state index contributed by atoms with van der Waals surface area (Å²) in [6.07, 6.45) is 1.10. The average Bonchev–Trinajstić information content (AvgIpc) is 2.77. The fourth-order valence-electron chi connectivity index (χ4n) is 2.49. The fraction of sp³-hybridized carbons (Fsp3) is 0.444. The number of nitrogens with one attached hydrogen (secondary N) is 1. The smallest absolute Gasteiger partial charge is 0.227 e. The molecule has 1 heterocycles. The van der Waals surface area contributed by atoms with Crippen LogP contribution in [0.5, 0.6) is 0 Å². The number of hydrogen-bond acceptors (Lipinski definition) is 3. The van der Waals surface area contributed by atoms with Gasteiger partial charge in [-0.25, -0.2) is 0 Å². The Labute approximate surface area is 150 Å². The number of benzene rings is 1. The third kappa shape index (κ3) is 5.98. The second-order valence-electron chi connectivity index (χ2n) is 7.15. The van der Waals surface area contributed by atoms with E-state index in [4.69, 9.17) is 5.73 Å². The number of nitrogens with two attached hydrogens (primary N) is 1. The van der Waals surface area contributed by atoms with Crippen LogP contribution in [-0.4, -0.2) is 15.7 Å². The van der Waals surface area contributed by atoms with Crippen molar-refractivity contribution in [2.45, 2.75) is 39.7 Å². The Morgan fingerprint density at radius 3 is 2.50 bits per heavy atom. The summed E-state index contributed by atoms with van der Waals surface area (Å²) in [5, 5.41) is 7.36. The first-order chi connectivity index (χ1) is 10.7. The Kier molecular flexibility index (Phi) is 6.99. The Morgan fingerprint density at radius 1 is 1.29 bits per heavy atom. The molecule has 0 fully saturated rings. The second kappa shape index (κ2) is 8.31. The van der Waals surface area contributed by atoms with E-state index in [1.165, 1.54) is 0 Å². The van der Waals surface area contributed by atoms with Crippen LogP contribution in [0.4, 0.5) is 5.82 Å². The van der Waals surface area contributed by atoms with Gasteiger partial charge in [-0.1, -0.05) is 51.1 Å². The molecule has 0 saturated carbocycles. The molecule has 0 bridgehead atoms. The van der Waals surface area contributed by atoms with Crippen molar-refractivity contribution in [3.05, 3.63) is 47.7 Å². The summed E-state index contributed by atoms with van der Waals surface area (Å²) in [4.78, 5) is 12.2. The Hall–Kier alpha value is -1.85. The third-order valence-electron chi connectivity index (χ3n) is 3.54. The Morgan fingerprint density at radius 2 is 1.92 bits per heavy atom. The second-order valence-corrected chi connectivity index (χ2v) is 7.15. The molecule has 0 spiro atoms. The molecular weight excluding hydrogens is 324 g/mol. The molecule has 5 nitrogen and oxygen atoms in total. The zero-order chi connectivity index (χ0) is 17.0. The number of halogens is 1. The fourth-order valence-corrected chi connectivity index (χ4v) is 2.49. The minimum Gasteiger partial charge on any atom is -0.324 e. The summed E-state index contributed by atoms with van der Waals surface area (Å²) < 4.78 is 1.70. The highest BCUT2D eigenvalue weighted by Crippen LogP contribution is 2.22. The van der Waals surface area contributed by atoms with Crippen molar-refractivity contribution < 1.29 is 4.79 Å². The van der Waals surface area contributed by atoms with Gasteiger partial charge in [0, 0.05) is 25.6 Å². The van der Waals surface area contributed by atoms with E-state index in [1.54, 1.807) is 4.68 Å². The Balaban J connectivity index is 0.00000288. The van der Waals surface area contributed by atoms with Crippen LogP contribution in [-0.2, 0) is 18.3 Å². The van der Waals surface area contributed by atoms with E-state index in [0.717, 1.165) is 17.7 Å². The standard InChI is InChI=1S/C18H26N4O.ClH/c1-18(2,3)12-14-10-16(22(4)21-14)20-17(23)11-15(19)13-8-6-5-7-9-13;/h5-10,15H,11-12,19H2,1-4H3,(H,20,23);1H. The summed E-state index contributed by atoms with van der Waals surface area (Å²) in [7, 11) is 1.83. The van der Waals surface area contributed by atoms with Crippen molar-refractivity contribution >= 4 is 24.1 Å². The highest BCUT2D eigenvalue weighted by atomic mass is 35.5. The lowest BCUT2D eigenvalue weighted by Crippen LogP contribution is -2.21. The highest BCUT2D eigenvalue weighted by molar-refractivity contribution is 5.90. The lowest BCUT2D eigenvalue weighted by atomic mass is 9.91. The number of hydrogen-bond donors (Lipinski definition) is 2. The predicted octanol–water partition coefficient (Wildman–Crippen LogP) is 3.46. The predicted molar refractivity (Wildman–Crippen MR) is 100 cm³/mol. The molecule has 0 radical (unpaired) electrons. The number of aromatic nitrogens is 2. The average molecular weight is 351 g/mol. The third-order valence-corrected chi connectivity index (χ3v) is 3.54. The van der Waals surface area contributed by atoms with Crippen molar-refractivity contribution in [3.63, 3.8) is 0 Å². The van der Waals surface area contributed by atoms with Crippen LogP contribution in [0.1, 0.15) is 44.5 Å². The van der Waals surface area contributed by atoms with Crippen molar-refractivity contribution in [3.8, 4) is 0 Å². The van der Waals surface area contributed by atoms with Crippen molar-refractivity contribution in [2.75, 3.05) is 5.32 Å². The van der Waals surface area contributed by atoms with E-state index in [0.29, 0.717) is 5.82 Å². The maximum atomic E-state index is 12.2. The van der Waals surface area contributed by atoms with E-state index in [2.05, 4.69) is 31.2 Å². The minimum absolute atomic E-state index is 0. The maximum absolute atomic E-state index is 12.2. The van der Waals surface area contributed by atoms with E-state index in [-0.39, 0.29) is 36.2 Å². The van der Waals surface area contributed by atoms with E-state index < -0.39 is 0 Å². The van der Waals surface area contributed by atoms with Gasteiger partial charge in [0.15, 0.2) is 0 Å². The van der Waals surface area contributed by atoms with Crippen LogP contribution in [0, 0.1) is 5.41 Å². The lowest BCUT2D eigenvalue weighted by molar-refractivity contribution is -0.116. The lowest BCUT2D eigenvalue weighted by Gasteiger charge is -2.15. The molecule has 2 aromatic rings. The molecule has 0 saturated heterocycles. The molecule has 24 heavy (non-hydrogen) atoms. The molecule has 1 atom stereocenters. The number of amides is 1. The molecule has 1 aromatic heterocycles. The van der Waals surface area contributed by atoms with Gasteiger partial charge < -0.3 is 11.1 Å². The van der Waals surface area contributed by atoms with Crippen molar-refractivity contribution in [1.82, 2.24) is 9.78 Å². The molecule has 1 aromatic carbocycles.